The molecule has 1 fully saturated rings. The highest BCUT2D eigenvalue weighted by molar-refractivity contribution is 5.94. The zero-order valence-electron chi connectivity index (χ0n) is 15.5. The van der Waals surface area contributed by atoms with Crippen molar-refractivity contribution in [3.8, 4) is 11.5 Å². The van der Waals surface area contributed by atoms with Crippen molar-refractivity contribution in [2.45, 2.75) is 25.3 Å². The maximum Gasteiger partial charge on any atom is 0.274 e. The summed E-state index contributed by atoms with van der Waals surface area (Å²) in [4.78, 5) is 24.0. The second-order valence-electron chi connectivity index (χ2n) is 7.16. The van der Waals surface area contributed by atoms with Gasteiger partial charge in [0.1, 0.15) is 5.69 Å². The van der Waals surface area contributed by atoms with Crippen molar-refractivity contribution in [3.63, 3.8) is 0 Å². The molecule has 28 heavy (non-hydrogen) atoms. The third-order valence-corrected chi connectivity index (χ3v) is 5.34. The number of hydrogen-bond acceptors (Lipinski definition) is 5. The molecule has 0 radical (unpaired) electrons. The minimum absolute atomic E-state index is 0.0120. The first-order valence-electron chi connectivity index (χ1n) is 9.72. The SMILES string of the molecule is O=C(c1cnc2ccccc2n1)N1CCC[C@H]1c1ccc2c(c1)OCCCO2. The summed E-state index contributed by atoms with van der Waals surface area (Å²) in [6.45, 7) is 2.03. The second-order valence-corrected chi connectivity index (χ2v) is 7.16. The van der Waals surface area contributed by atoms with Gasteiger partial charge in [0, 0.05) is 13.0 Å². The second kappa shape index (κ2) is 7.11. The number of ether oxygens (including phenoxy) is 2. The van der Waals surface area contributed by atoms with Crippen LogP contribution in [0.5, 0.6) is 11.5 Å². The van der Waals surface area contributed by atoms with E-state index in [0.717, 1.165) is 47.4 Å². The van der Waals surface area contributed by atoms with Gasteiger partial charge in [0.05, 0.1) is 36.5 Å². The van der Waals surface area contributed by atoms with Gasteiger partial charge in [-0.15, -0.1) is 0 Å². The number of likely N-dealkylation sites (tertiary alicyclic amines) is 1. The lowest BCUT2D eigenvalue weighted by Crippen LogP contribution is -2.31. The van der Waals surface area contributed by atoms with Gasteiger partial charge in [-0.1, -0.05) is 18.2 Å². The van der Waals surface area contributed by atoms with E-state index in [1.165, 1.54) is 0 Å². The third-order valence-electron chi connectivity index (χ3n) is 5.34. The standard InChI is InChI=1S/C22H21N3O3/c26-22(18-14-23-16-5-1-2-6-17(16)24-18)25-10-3-7-19(25)15-8-9-20-21(13-15)28-12-4-11-27-20/h1-2,5-6,8-9,13-14,19H,3-4,7,10-12H2/t19-/m0/s1. The van der Waals surface area contributed by atoms with Crippen molar-refractivity contribution in [3.05, 3.63) is 59.9 Å². The molecule has 1 saturated heterocycles. The summed E-state index contributed by atoms with van der Waals surface area (Å²) >= 11 is 0. The Labute approximate surface area is 163 Å². The number of carbonyl (C=O) groups is 1. The molecule has 2 aromatic carbocycles. The van der Waals surface area contributed by atoms with Gasteiger partial charge >= 0.3 is 0 Å². The van der Waals surface area contributed by atoms with Gasteiger partial charge in [-0.05, 0) is 42.7 Å². The molecule has 0 saturated carbocycles. The van der Waals surface area contributed by atoms with Crippen molar-refractivity contribution in [2.75, 3.05) is 19.8 Å². The highest BCUT2D eigenvalue weighted by Crippen LogP contribution is 2.38. The minimum Gasteiger partial charge on any atom is -0.490 e. The van der Waals surface area contributed by atoms with E-state index in [9.17, 15) is 4.79 Å². The van der Waals surface area contributed by atoms with Crippen LogP contribution in [0.15, 0.2) is 48.7 Å². The highest BCUT2D eigenvalue weighted by Gasteiger charge is 2.32. The number of hydrogen-bond donors (Lipinski definition) is 0. The maximum absolute atomic E-state index is 13.2. The molecule has 2 aliphatic rings. The van der Waals surface area contributed by atoms with Gasteiger partial charge in [-0.2, -0.15) is 0 Å². The lowest BCUT2D eigenvalue weighted by molar-refractivity contribution is 0.0729. The third kappa shape index (κ3) is 3.05. The van der Waals surface area contributed by atoms with Crippen LogP contribution in [0.3, 0.4) is 0 Å². The summed E-state index contributed by atoms with van der Waals surface area (Å²) in [6, 6.07) is 13.6. The molecular weight excluding hydrogens is 354 g/mol. The Morgan fingerprint density at radius 1 is 1.00 bits per heavy atom. The van der Waals surface area contributed by atoms with Crippen LogP contribution in [0.4, 0.5) is 0 Å². The van der Waals surface area contributed by atoms with E-state index in [4.69, 9.17) is 9.47 Å². The molecule has 0 N–H and O–H groups in total. The summed E-state index contributed by atoms with van der Waals surface area (Å²) in [5, 5.41) is 0. The number of rotatable bonds is 2. The Bertz CT molecular complexity index is 1040. The zero-order valence-corrected chi connectivity index (χ0v) is 15.5. The van der Waals surface area contributed by atoms with Crippen LogP contribution in [-0.2, 0) is 0 Å². The number of benzene rings is 2. The predicted molar refractivity (Wildman–Crippen MR) is 105 cm³/mol. The Morgan fingerprint density at radius 3 is 2.71 bits per heavy atom. The first kappa shape index (κ1) is 17.0. The number of carbonyl (C=O) groups excluding carboxylic acids is 1. The molecule has 5 rings (SSSR count). The Balaban J connectivity index is 1.44. The van der Waals surface area contributed by atoms with Gasteiger partial charge < -0.3 is 14.4 Å². The fraction of sp³-hybridized carbons (Fsp3) is 0.318. The van der Waals surface area contributed by atoms with Gasteiger partial charge in [0.25, 0.3) is 5.91 Å². The largest absolute Gasteiger partial charge is 0.490 e. The van der Waals surface area contributed by atoms with Gasteiger partial charge in [0.15, 0.2) is 11.5 Å². The van der Waals surface area contributed by atoms with Crippen LogP contribution < -0.4 is 9.47 Å². The molecule has 3 aromatic rings. The monoisotopic (exact) mass is 375 g/mol. The minimum atomic E-state index is -0.0761. The van der Waals surface area contributed by atoms with E-state index >= 15 is 0 Å². The van der Waals surface area contributed by atoms with E-state index in [-0.39, 0.29) is 11.9 Å². The number of amides is 1. The lowest BCUT2D eigenvalue weighted by atomic mass is 10.0. The topological polar surface area (TPSA) is 64.6 Å². The molecule has 3 heterocycles. The van der Waals surface area contributed by atoms with Crippen LogP contribution in [0, 0.1) is 0 Å². The fourth-order valence-corrected chi connectivity index (χ4v) is 3.95. The molecule has 1 atom stereocenters. The Hall–Kier alpha value is -3.15. The number of aromatic nitrogens is 2. The molecule has 2 aliphatic heterocycles. The molecule has 0 spiro atoms. The number of nitrogens with zero attached hydrogens (tertiary/aromatic N) is 3. The van der Waals surface area contributed by atoms with Crippen LogP contribution in [0.25, 0.3) is 11.0 Å². The van der Waals surface area contributed by atoms with Crippen LogP contribution >= 0.6 is 0 Å². The van der Waals surface area contributed by atoms with E-state index in [1.54, 1.807) is 6.20 Å². The average Bonchev–Trinajstić information content (AvgIpc) is 3.11. The zero-order chi connectivity index (χ0) is 18.9. The summed E-state index contributed by atoms with van der Waals surface area (Å²) in [5.74, 6) is 1.46. The van der Waals surface area contributed by atoms with E-state index in [1.807, 2.05) is 47.4 Å². The molecule has 6 heteroatoms. The van der Waals surface area contributed by atoms with E-state index in [0.29, 0.717) is 25.5 Å². The molecule has 0 aliphatic carbocycles. The smallest absolute Gasteiger partial charge is 0.274 e. The summed E-state index contributed by atoms with van der Waals surface area (Å²) in [7, 11) is 0. The molecule has 1 aromatic heterocycles. The summed E-state index contributed by atoms with van der Waals surface area (Å²) < 4.78 is 11.6. The number of para-hydroxylation sites is 2. The van der Waals surface area contributed by atoms with Crippen molar-refractivity contribution >= 4 is 16.9 Å². The highest BCUT2D eigenvalue weighted by atomic mass is 16.5. The van der Waals surface area contributed by atoms with E-state index in [2.05, 4.69) is 9.97 Å². The predicted octanol–water partition coefficient (Wildman–Crippen LogP) is 3.77. The van der Waals surface area contributed by atoms with Crippen molar-refractivity contribution in [1.82, 2.24) is 14.9 Å². The molecule has 6 nitrogen and oxygen atoms in total. The summed E-state index contributed by atoms with van der Waals surface area (Å²) in [6.07, 6.45) is 4.34. The molecule has 142 valence electrons. The summed E-state index contributed by atoms with van der Waals surface area (Å²) in [5.41, 5.74) is 2.99. The normalized spacial score (nSPS) is 18.9. The number of fused-ring (bicyclic) bond motifs is 2. The fourth-order valence-electron chi connectivity index (χ4n) is 3.95. The Kier molecular flexibility index (Phi) is 4.31. The van der Waals surface area contributed by atoms with Gasteiger partial charge in [-0.25, -0.2) is 4.98 Å². The molecular formula is C22H21N3O3. The van der Waals surface area contributed by atoms with Crippen molar-refractivity contribution in [1.29, 1.82) is 0 Å². The molecule has 0 bridgehead atoms. The van der Waals surface area contributed by atoms with Crippen LogP contribution in [-0.4, -0.2) is 40.5 Å². The average molecular weight is 375 g/mol. The molecule has 0 unspecified atom stereocenters. The van der Waals surface area contributed by atoms with Gasteiger partial charge in [0.2, 0.25) is 0 Å². The Morgan fingerprint density at radius 2 is 1.82 bits per heavy atom. The lowest BCUT2D eigenvalue weighted by Gasteiger charge is -2.25. The maximum atomic E-state index is 13.2. The first-order valence-corrected chi connectivity index (χ1v) is 9.72. The van der Waals surface area contributed by atoms with E-state index < -0.39 is 0 Å². The van der Waals surface area contributed by atoms with Crippen molar-refractivity contribution < 1.29 is 14.3 Å². The molecule has 1 amide bonds. The first-order chi connectivity index (χ1) is 13.8. The quantitative estimate of drug-likeness (QED) is 0.682. The van der Waals surface area contributed by atoms with Crippen LogP contribution in [0.1, 0.15) is 41.4 Å². The van der Waals surface area contributed by atoms with Gasteiger partial charge in [-0.3, -0.25) is 9.78 Å². The van der Waals surface area contributed by atoms with Crippen molar-refractivity contribution in [2.24, 2.45) is 0 Å². The van der Waals surface area contributed by atoms with Crippen LogP contribution in [0.2, 0.25) is 0 Å².